The molecule has 8 heteroatoms. The van der Waals surface area contributed by atoms with Crippen molar-refractivity contribution < 1.29 is 23.1 Å². The first kappa shape index (κ1) is 14.2. The molecule has 0 amide bonds. The minimum atomic E-state index is -1.72. The quantitative estimate of drug-likeness (QED) is 0.472. The summed E-state index contributed by atoms with van der Waals surface area (Å²) in [7, 11) is 2.71. The Morgan fingerprint density at radius 3 is 2.53 bits per heavy atom. The summed E-state index contributed by atoms with van der Waals surface area (Å²) in [5.41, 5.74) is 0. The fraction of sp³-hybridized carbons (Fsp3) is 0.714. The third kappa shape index (κ3) is 6.28. The van der Waals surface area contributed by atoms with Crippen molar-refractivity contribution in [3.05, 3.63) is 0 Å². The Balaban J connectivity index is 4.04. The van der Waals surface area contributed by atoms with Crippen LogP contribution in [-0.4, -0.2) is 47.8 Å². The largest absolute Gasteiger partial charge is 0.481 e. The lowest BCUT2D eigenvalue weighted by Gasteiger charge is -2.12. The molecule has 7 nitrogen and oxygen atoms in total. The smallest absolute Gasteiger partial charge is 0.305 e. The van der Waals surface area contributed by atoms with E-state index in [2.05, 4.69) is 14.2 Å². The van der Waals surface area contributed by atoms with Crippen molar-refractivity contribution in [3.8, 4) is 0 Å². The summed E-state index contributed by atoms with van der Waals surface area (Å²) in [6.45, 7) is -0.209. The van der Waals surface area contributed by atoms with E-state index >= 15 is 0 Å². The van der Waals surface area contributed by atoms with Gasteiger partial charge in [-0.25, -0.2) is 8.93 Å². The van der Waals surface area contributed by atoms with Gasteiger partial charge in [-0.3, -0.25) is 13.8 Å². The van der Waals surface area contributed by atoms with Gasteiger partial charge in [-0.05, 0) is 7.05 Å². The first-order valence-corrected chi connectivity index (χ1v) is 5.20. The lowest BCUT2D eigenvalue weighted by Crippen LogP contribution is -2.41. The third-order valence-electron chi connectivity index (χ3n) is 1.63. The normalized spacial score (nSPS) is 14.5. The van der Waals surface area contributed by atoms with E-state index in [4.69, 9.17) is 5.11 Å². The monoisotopic (exact) mass is 238 g/mol. The van der Waals surface area contributed by atoms with E-state index < -0.39 is 23.3 Å². The van der Waals surface area contributed by atoms with Gasteiger partial charge in [0, 0.05) is 0 Å². The maximum absolute atomic E-state index is 11.4. The molecule has 15 heavy (non-hydrogen) atoms. The minimum absolute atomic E-state index is 0.209. The molecule has 0 rings (SSSR count). The predicted octanol–water partition coefficient (Wildman–Crippen LogP) is -1.57. The second kappa shape index (κ2) is 7.46. The molecule has 0 aromatic carbocycles. The van der Waals surface area contributed by atoms with Gasteiger partial charge in [-0.2, -0.15) is 0 Å². The van der Waals surface area contributed by atoms with Crippen LogP contribution in [0.25, 0.3) is 0 Å². The summed E-state index contributed by atoms with van der Waals surface area (Å²) < 4.78 is 17.4. The average Bonchev–Trinajstić information content (AvgIpc) is 2.21. The SMILES string of the molecule is CNC(CC(=O)O)C(=O)CNS(=O)OC. The van der Waals surface area contributed by atoms with Crippen LogP contribution in [0.5, 0.6) is 0 Å². The van der Waals surface area contributed by atoms with Crippen molar-refractivity contribution in [3.63, 3.8) is 0 Å². The Hall–Kier alpha value is -0.830. The zero-order valence-electron chi connectivity index (χ0n) is 8.48. The van der Waals surface area contributed by atoms with Gasteiger partial charge in [-0.15, -0.1) is 0 Å². The van der Waals surface area contributed by atoms with Crippen LogP contribution in [0.1, 0.15) is 6.42 Å². The Bertz CT molecular complexity index is 258. The van der Waals surface area contributed by atoms with Crippen molar-refractivity contribution in [2.24, 2.45) is 0 Å². The molecule has 0 saturated carbocycles. The van der Waals surface area contributed by atoms with Crippen molar-refractivity contribution in [2.75, 3.05) is 20.7 Å². The maximum Gasteiger partial charge on any atom is 0.305 e. The van der Waals surface area contributed by atoms with Gasteiger partial charge in [0.1, 0.15) is 0 Å². The molecule has 0 radical (unpaired) electrons. The molecule has 0 aliphatic heterocycles. The van der Waals surface area contributed by atoms with Crippen LogP contribution in [0.4, 0.5) is 0 Å². The highest BCUT2D eigenvalue weighted by Gasteiger charge is 2.19. The van der Waals surface area contributed by atoms with E-state index in [1.807, 2.05) is 0 Å². The zero-order valence-corrected chi connectivity index (χ0v) is 9.30. The number of carboxylic acid groups (broad SMARTS) is 1. The van der Waals surface area contributed by atoms with E-state index in [0.717, 1.165) is 0 Å². The summed E-state index contributed by atoms with van der Waals surface area (Å²) in [4.78, 5) is 21.7. The fourth-order valence-electron chi connectivity index (χ4n) is 0.864. The van der Waals surface area contributed by atoms with Crippen LogP contribution >= 0.6 is 0 Å². The molecule has 0 aliphatic rings. The number of rotatable bonds is 8. The number of aliphatic carboxylic acids is 1. The molecular formula is C7H14N2O5S. The van der Waals surface area contributed by atoms with Crippen LogP contribution in [0, 0.1) is 0 Å². The van der Waals surface area contributed by atoms with Gasteiger partial charge < -0.3 is 10.4 Å². The standard InChI is InChI=1S/C7H14N2O5S/c1-8-5(3-7(11)12)6(10)4-9-15(13)14-2/h5,8-9H,3-4H2,1-2H3,(H,11,12). The van der Waals surface area contributed by atoms with E-state index in [9.17, 15) is 13.8 Å². The molecule has 0 aliphatic carbocycles. The molecule has 2 atom stereocenters. The molecule has 0 bridgehead atoms. The second-order valence-corrected chi connectivity index (χ2v) is 3.72. The van der Waals surface area contributed by atoms with Gasteiger partial charge in [-0.1, -0.05) is 0 Å². The van der Waals surface area contributed by atoms with Crippen molar-refractivity contribution in [1.82, 2.24) is 10.0 Å². The van der Waals surface area contributed by atoms with Crippen molar-refractivity contribution in [1.29, 1.82) is 0 Å². The number of carboxylic acids is 1. The molecule has 0 fully saturated rings. The summed E-state index contributed by atoms with van der Waals surface area (Å²) in [6.07, 6.45) is -0.309. The van der Waals surface area contributed by atoms with Crippen molar-refractivity contribution in [2.45, 2.75) is 12.5 Å². The zero-order chi connectivity index (χ0) is 11.8. The van der Waals surface area contributed by atoms with Crippen LogP contribution in [-0.2, 0) is 25.0 Å². The highest BCUT2D eigenvalue weighted by Crippen LogP contribution is 1.93. The molecule has 0 aromatic rings. The molecule has 0 aromatic heterocycles. The van der Waals surface area contributed by atoms with Gasteiger partial charge >= 0.3 is 5.97 Å². The molecule has 0 heterocycles. The Labute approximate surface area is 90.0 Å². The number of carbonyl (C=O) groups is 2. The van der Waals surface area contributed by atoms with Gasteiger partial charge in [0.2, 0.25) is 11.3 Å². The van der Waals surface area contributed by atoms with E-state index in [1.165, 1.54) is 14.2 Å². The number of nitrogens with one attached hydrogen (secondary N) is 2. The van der Waals surface area contributed by atoms with E-state index in [0.29, 0.717) is 0 Å². The number of hydrogen-bond donors (Lipinski definition) is 3. The predicted molar refractivity (Wildman–Crippen MR) is 53.3 cm³/mol. The van der Waals surface area contributed by atoms with E-state index in [1.54, 1.807) is 0 Å². The summed E-state index contributed by atoms with van der Waals surface area (Å²) in [5.74, 6) is -1.46. The minimum Gasteiger partial charge on any atom is -0.481 e. The molecule has 2 unspecified atom stereocenters. The molecule has 0 spiro atoms. The fourth-order valence-corrected chi connectivity index (χ4v) is 1.24. The van der Waals surface area contributed by atoms with Gasteiger partial charge in [0.25, 0.3) is 0 Å². The van der Waals surface area contributed by atoms with Crippen molar-refractivity contribution >= 4 is 23.0 Å². The maximum atomic E-state index is 11.4. The van der Waals surface area contributed by atoms with Crippen LogP contribution in [0.3, 0.4) is 0 Å². The van der Waals surface area contributed by atoms with E-state index in [-0.39, 0.29) is 18.7 Å². The first-order valence-electron chi connectivity index (χ1n) is 4.12. The number of carbonyl (C=O) groups excluding carboxylic acids is 1. The summed E-state index contributed by atoms with van der Waals surface area (Å²) >= 11 is -1.72. The highest BCUT2D eigenvalue weighted by molar-refractivity contribution is 7.78. The number of likely N-dealkylation sites (N-methyl/N-ethyl adjacent to an activating group) is 1. The Morgan fingerprint density at radius 1 is 1.53 bits per heavy atom. The molecule has 0 saturated heterocycles. The molecule has 3 N–H and O–H groups in total. The summed E-state index contributed by atoms with van der Waals surface area (Å²) in [5, 5.41) is 11.1. The average molecular weight is 238 g/mol. The lowest BCUT2D eigenvalue weighted by molar-refractivity contribution is -0.139. The van der Waals surface area contributed by atoms with Crippen LogP contribution < -0.4 is 10.0 Å². The Morgan fingerprint density at radius 2 is 2.13 bits per heavy atom. The summed E-state index contributed by atoms with van der Waals surface area (Å²) in [6, 6.07) is -0.788. The van der Waals surface area contributed by atoms with Crippen LogP contribution in [0.2, 0.25) is 0 Å². The number of ketones is 1. The molecule has 88 valence electrons. The topological polar surface area (TPSA) is 105 Å². The molecular weight excluding hydrogens is 224 g/mol. The highest BCUT2D eigenvalue weighted by atomic mass is 32.2. The lowest BCUT2D eigenvalue weighted by atomic mass is 10.1. The number of Topliss-reactive ketones (excluding diaryl/α,β-unsaturated/α-hetero) is 1. The third-order valence-corrected chi connectivity index (χ3v) is 2.31. The van der Waals surface area contributed by atoms with Gasteiger partial charge in [0.15, 0.2) is 5.78 Å². The first-order chi connectivity index (χ1) is 7.01. The second-order valence-electron chi connectivity index (χ2n) is 2.63. The van der Waals surface area contributed by atoms with Gasteiger partial charge in [0.05, 0.1) is 26.1 Å². The number of hydrogen-bond acceptors (Lipinski definition) is 5. The van der Waals surface area contributed by atoms with Crippen LogP contribution in [0.15, 0.2) is 0 Å². The Kier molecular flexibility index (Phi) is 7.05.